The molecule has 3 aromatic rings. The van der Waals surface area contributed by atoms with Crippen LogP contribution in [-0.4, -0.2) is 28.4 Å². The average Bonchev–Trinajstić information content (AvgIpc) is 2.72. The van der Waals surface area contributed by atoms with Crippen LogP contribution < -0.4 is 10.6 Å². The minimum Gasteiger partial charge on any atom is -0.506 e. The van der Waals surface area contributed by atoms with Crippen molar-refractivity contribution in [1.29, 1.82) is 0 Å². The van der Waals surface area contributed by atoms with Crippen LogP contribution in [0.4, 0.5) is 11.4 Å². The Balaban J connectivity index is 1.63. The zero-order valence-electron chi connectivity index (χ0n) is 15.0. The average molecular weight is 373 g/mol. The number of phenolic OH excluding ortho intramolecular Hbond substituents is 1. The minimum absolute atomic E-state index is 0.0242. The number of carbonyl (C=O) groups is 2. The largest absolute Gasteiger partial charge is 0.506 e. The van der Waals surface area contributed by atoms with E-state index in [0.29, 0.717) is 11.3 Å². The summed E-state index contributed by atoms with van der Waals surface area (Å²) in [6, 6.07) is 23.2. The van der Waals surface area contributed by atoms with Crippen LogP contribution in [0.3, 0.4) is 0 Å². The molecule has 1 aliphatic rings. The smallest absolute Gasteiger partial charge is 0.258 e. The molecule has 0 bridgehead atoms. The molecule has 4 rings (SSSR count). The highest BCUT2D eigenvalue weighted by atomic mass is 16.3. The first kappa shape index (κ1) is 17.6. The first-order chi connectivity index (χ1) is 13.6. The number of aromatic hydroxyl groups is 1. The minimum atomic E-state index is -0.473. The molecule has 0 fully saturated rings. The number of fused-ring (bicyclic) bond motifs is 1. The lowest BCUT2D eigenvalue weighted by Gasteiger charge is -2.37. The molecule has 0 radical (unpaired) electrons. The van der Waals surface area contributed by atoms with Crippen molar-refractivity contribution in [2.75, 3.05) is 17.2 Å². The van der Waals surface area contributed by atoms with Gasteiger partial charge in [0, 0.05) is 5.69 Å². The van der Waals surface area contributed by atoms with Gasteiger partial charge in [-0.3, -0.25) is 9.59 Å². The third kappa shape index (κ3) is 3.40. The topological polar surface area (TPSA) is 81.7 Å². The molecule has 2 amide bonds. The van der Waals surface area contributed by atoms with Crippen molar-refractivity contribution in [2.45, 2.75) is 6.17 Å². The van der Waals surface area contributed by atoms with Crippen molar-refractivity contribution in [3.63, 3.8) is 0 Å². The van der Waals surface area contributed by atoms with E-state index in [1.807, 2.05) is 42.5 Å². The molecule has 0 spiro atoms. The van der Waals surface area contributed by atoms with E-state index in [1.54, 1.807) is 30.3 Å². The highest BCUT2D eigenvalue weighted by Gasteiger charge is 2.34. The van der Waals surface area contributed by atoms with Gasteiger partial charge in [-0.05, 0) is 29.8 Å². The molecule has 0 saturated heterocycles. The van der Waals surface area contributed by atoms with E-state index in [1.165, 1.54) is 11.0 Å². The molecule has 140 valence electrons. The van der Waals surface area contributed by atoms with Crippen molar-refractivity contribution in [3.8, 4) is 5.75 Å². The number of rotatable bonds is 4. The highest BCUT2D eigenvalue weighted by molar-refractivity contribution is 6.04. The van der Waals surface area contributed by atoms with Gasteiger partial charge >= 0.3 is 0 Å². The zero-order chi connectivity index (χ0) is 19.5. The van der Waals surface area contributed by atoms with Gasteiger partial charge in [-0.15, -0.1) is 0 Å². The SMILES string of the molecule is O=C(CN1C(=O)c2ccccc2N[C@@H]1c1ccccc1)Nc1ccccc1O. The van der Waals surface area contributed by atoms with Gasteiger partial charge in [0.25, 0.3) is 5.91 Å². The van der Waals surface area contributed by atoms with Crippen molar-refractivity contribution in [1.82, 2.24) is 4.90 Å². The number of anilines is 2. The second-order valence-corrected chi connectivity index (χ2v) is 6.50. The second-order valence-electron chi connectivity index (χ2n) is 6.50. The van der Waals surface area contributed by atoms with Crippen molar-refractivity contribution in [3.05, 3.63) is 90.0 Å². The Kier molecular flexibility index (Phi) is 4.68. The molecule has 6 heteroatoms. The first-order valence-electron chi connectivity index (χ1n) is 8.93. The Bertz CT molecular complexity index is 1020. The standard InChI is InChI=1S/C22H19N3O3/c26-19-13-7-6-12-18(19)23-20(27)14-25-21(15-8-2-1-3-9-15)24-17-11-5-4-10-16(17)22(25)28/h1-13,21,24,26H,14H2,(H,23,27)/t21-/m0/s1. The maximum Gasteiger partial charge on any atom is 0.258 e. The van der Waals surface area contributed by atoms with E-state index < -0.39 is 12.1 Å². The van der Waals surface area contributed by atoms with Crippen LogP contribution in [0.25, 0.3) is 0 Å². The van der Waals surface area contributed by atoms with Gasteiger partial charge in [-0.25, -0.2) is 0 Å². The number of benzene rings is 3. The molecule has 0 unspecified atom stereocenters. The number of hydrogen-bond acceptors (Lipinski definition) is 4. The first-order valence-corrected chi connectivity index (χ1v) is 8.93. The van der Waals surface area contributed by atoms with E-state index in [2.05, 4.69) is 10.6 Å². The molecule has 1 heterocycles. The van der Waals surface area contributed by atoms with Crippen molar-refractivity contribution >= 4 is 23.2 Å². The Morgan fingerprint density at radius 2 is 1.64 bits per heavy atom. The van der Waals surface area contributed by atoms with Crippen LogP contribution in [0.15, 0.2) is 78.9 Å². The molecule has 3 aromatic carbocycles. The lowest BCUT2D eigenvalue weighted by Crippen LogP contribution is -2.46. The van der Waals surface area contributed by atoms with Crippen molar-refractivity contribution in [2.24, 2.45) is 0 Å². The number of carbonyl (C=O) groups excluding carboxylic acids is 2. The maximum atomic E-state index is 13.1. The summed E-state index contributed by atoms with van der Waals surface area (Å²) >= 11 is 0. The molecule has 0 saturated carbocycles. The summed E-state index contributed by atoms with van der Waals surface area (Å²) in [5.74, 6) is -0.642. The lowest BCUT2D eigenvalue weighted by atomic mass is 10.0. The number of nitrogens with zero attached hydrogens (tertiary/aromatic N) is 1. The molecule has 0 aliphatic carbocycles. The molecule has 1 atom stereocenters. The van der Waals surface area contributed by atoms with Gasteiger partial charge < -0.3 is 20.6 Å². The Morgan fingerprint density at radius 1 is 0.964 bits per heavy atom. The van der Waals surface area contributed by atoms with Gasteiger partial charge in [-0.1, -0.05) is 54.6 Å². The van der Waals surface area contributed by atoms with Crippen LogP contribution in [0.5, 0.6) is 5.75 Å². The fourth-order valence-corrected chi connectivity index (χ4v) is 3.28. The third-order valence-electron chi connectivity index (χ3n) is 4.63. The Hall–Kier alpha value is -3.80. The fourth-order valence-electron chi connectivity index (χ4n) is 3.28. The van der Waals surface area contributed by atoms with Gasteiger partial charge in [0.1, 0.15) is 18.5 Å². The second kappa shape index (κ2) is 7.44. The predicted octanol–water partition coefficient (Wildman–Crippen LogP) is 3.60. The van der Waals surface area contributed by atoms with Crippen LogP contribution in [0, 0.1) is 0 Å². The van der Waals surface area contributed by atoms with Crippen LogP contribution in [0.2, 0.25) is 0 Å². The molecule has 6 nitrogen and oxygen atoms in total. The Morgan fingerprint density at radius 3 is 2.43 bits per heavy atom. The monoisotopic (exact) mass is 373 g/mol. The van der Waals surface area contributed by atoms with Crippen LogP contribution in [-0.2, 0) is 4.79 Å². The summed E-state index contributed by atoms with van der Waals surface area (Å²) in [7, 11) is 0. The summed E-state index contributed by atoms with van der Waals surface area (Å²) in [5, 5.41) is 15.9. The summed E-state index contributed by atoms with van der Waals surface area (Å²) in [6.07, 6.45) is -0.473. The number of amides is 2. The number of para-hydroxylation sites is 3. The van der Waals surface area contributed by atoms with Gasteiger partial charge in [-0.2, -0.15) is 0 Å². The van der Waals surface area contributed by atoms with Gasteiger partial charge in [0.05, 0.1) is 11.3 Å². The normalized spacial score (nSPS) is 15.5. The van der Waals surface area contributed by atoms with E-state index in [-0.39, 0.29) is 18.2 Å². The summed E-state index contributed by atoms with van der Waals surface area (Å²) in [5.41, 5.74) is 2.44. The molecular weight excluding hydrogens is 354 g/mol. The highest BCUT2D eigenvalue weighted by Crippen LogP contribution is 2.33. The van der Waals surface area contributed by atoms with Crippen molar-refractivity contribution < 1.29 is 14.7 Å². The zero-order valence-corrected chi connectivity index (χ0v) is 15.0. The quantitative estimate of drug-likeness (QED) is 0.611. The maximum absolute atomic E-state index is 13.1. The molecule has 0 aromatic heterocycles. The Labute approximate surface area is 162 Å². The van der Waals surface area contributed by atoms with Gasteiger partial charge in [0.2, 0.25) is 5.91 Å². The summed E-state index contributed by atoms with van der Waals surface area (Å²) < 4.78 is 0. The van der Waals surface area contributed by atoms with Crippen LogP contribution >= 0.6 is 0 Å². The molecule has 28 heavy (non-hydrogen) atoms. The third-order valence-corrected chi connectivity index (χ3v) is 4.63. The number of hydrogen-bond donors (Lipinski definition) is 3. The fraction of sp³-hybridized carbons (Fsp3) is 0.0909. The van der Waals surface area contributed by atoms with E-state index in [4.69, 9.17) is 0 Å². The summed E-state index contributed by atoms with van der Waals surface area (Å²) in [4.78, 5) is 27.2. The summed E-state index contributed by atoms with van der Waals surface area (Å²) in [6.45, 7) is -0.159. The number of nitrogens with one attached hydrogen (secondary N) is 2. The van der Waals surface area contributed by atoms with Crippen LogP contribution in [0.1, 0.15) is 22.1 Å². The van der Waals surface area contributed by atoms with E-state index >= 15 is 0 Å². The van der Waals surface area contributed by atoms with E-state index in [9.17, 15) is 14.7 Å². The predicted molar refractivity (Wildman–Crippen MR) is 107 cm³/mol. The molecular formula is C22H19N3O3. The lowest BCUT2D eigenvalue weighted by molar-refractivity contribution is -0.117. The van der Waals surface area contributed by atoms with E-state index in [0.717, 1.165) is 11.3 Å². The number of phenols is 1. The molecule has 3 N–H and O–H groups in total. The molecule has 1 aliphatic heterocycles. The van der Waals surface area contributed by atoms with Gasteiger partial charge in [0.15, 0.2) is 0 Å².